The normalized spacial score (nSPS) is 22.2. The third-order valence-electron chi connectivity index (χ3n) is 3.31. The second kappa shape index (κ2) is 4.72. The van der Waals surface area contributed by atoms with Gasteiger partial charge in [0.25, 0.3) is 0 Å². The summed E-state index contributed by atoms with van der Waals surface area (Å²) < 4.78 is 37.1. The zero-order valence-electron chi connectivity index (χ0n) is 9.57. The summed E-state index contributed by atoms with van der Waals surface area (Å²) in [6.07, 6.45) is -3.60. The molecule has 1 aliphatic carbocycles. The van der Waals surface area contributed by atoms with E-state index in [1.54, 1.807) is 0 Å². The summed E-state index contributed by atoms with van der Waals surface area (Å²) in [5, 5.41) is 9.98. The number of hydrogen-bond donors (Lipinski definition) is 1. The lowest BCUT2D eigenvalue weighted by atomic mass is 9.93. The number of benzene rings is 1. The lowest BCUT2D eigenvalue weighted by Gasteiger charge is -2.17. The molecule has 0 spiro atoms. The third-order valence-corrected chi connectivity index (χ3v) is 3.31. The first-order valence-electron chi connectivity index (χ1n) is 5.77. The number of rotatable bonds is 2. The van der Waals surface area contributed by atoms with Crippen molar-refractivity contribution in [2.45, 2.75) is 31.5 Å². The summed E-state index contributed by atoms with van der Waals surface area (Å²) in [6, 6.07) is 4.33. The highest BCUT2D eigenvalue weighted by Gasteiger charge is 2.33. The molecular formula is C13H13F3O2. The molecule has 2 rings (SSSR count). The molecule has 1 unspecified atom stereocenters. The number of ketones is 1. The van der Waals surface area contributed by atoms with Crippen LogP contribution in [0.15, 0.2) is 24.3 Å². The van der Waals surface area contributed by atoms with Gasteiger partial charge in [-0.25, -0.2) is 0 Å². The maximum absolute atomic E-state index is 12.4. The molecule has 0 aliphatic heterocycles. The molecule has 1 aromatic rings. The minimum atomic E-state index is -4.38. The van der Waals surface area contributed by atoms with Crippen molar-refractivity contribution in [3.05, 3.63) is 35.4 Å². The van der Waals surface area contributed by atoms with Crippen LogP contribution in [-0.2, 0) is 11.0 Å². The van der Waals surface area contributed by atoms with Crippen LogP contribution in [0, 0.1) is 5.92 Å². The molecule has 2 nitrogen and oxygen atoms in total. The highest BCUT2D eigenvalue weighted by Crippen LogP contribution is 2.35. The quantitative estimate of drug-likeness (QED) is 0.885. The van der Waals surface area contributed by atoms with Crippen LogP contribution in [0.2, 0.25) is 0 Å². The van der Waals surface area contributed by atoms with Gasteiger partial charge in [0.1, 0.15) is 5.78 Å². The van der Waals surface area contributed by atoms with Gasteiger partial charge in [0, 0.05) is 12.3 Å². The molecule has 0 aromatic heterocycles. The number of halogens is 3. The van der Waals surface area contributed by atoms with Crippen LogP contribution in [0.4, 0.5) is 13.2 Å². The van der Waals surface area contributed by atoms with Crippen molar-refractivity contribution in [1.29, 1.82) is 0 Å². The highest BCUT2D eigenvalue weighted by molar-refractivity contribution is 5.83. The fraction of sp³-hybridized carbons (Fsp3) is 0.462. The standard InChI is InChI=1S/C13H13F3O2/c14-13(15,16)9-6-4-8(5-7-9)12(18)10-2-1-3-11(10)17/h4-7,10,12,18H,1-3H2/t10?,12-/m0/s1. The molecule has 18 heavy (non-hydrogen) atoms. The Morgan fingerprint density at radius 2 is 1.83 bits per heavy atom. The minimum Gasteiger partial charge on any atom is -0.388 e. The van der Waals surface area contributed by atoms with Crippen LogP contribution in [-0.4, -0.2) is 10.9 Å². The number of hydrogen-bond acceptors (Lipinski definition) is 2. The fourth-order valence-corrected chi connectivity index (χ4v) is 2.28. The Balaban J connectivity index is 2.17. The minimum absolute atomic E-state index is 0.0117. The van der Waals surface area contributed by atoms with Gasteiger partial charge in [0.2, 0.25) is 0 Å². The summed E-state index contributed by atoms with van der Waals surface area (Å²) in [7, 11) is 0. The van der Waals surface area contributed by atoms with E-state index < -0.39 is 23.8 Å². The molecule has 1 aromatic carbocycles. The SMILES string of the molecule is O=C1CCCC1[C@@H](O)c1ccc(C(F)(F)F)cc1. The van der Waals surface area contributed by atoms with Crippen molar-refractivity contribution < 1.29 is 23.1 Å². The van der Waals surface area contributed by atoms with Crippen LogP contribution in [0.25, 0.3) is 0 Å². The Morgan fingerprint density at radius 1 is 1.22 bits per heavy atom. The van der Waals surface area contributed by atoms with Gasteiger partial charge in [-0.2, -0.15) is 13.2 Å². The molecule has 1 saturated carbocycles. The van der Waals surface area contributed by atoms with Gasteiger partial charge in [-0.1, -0.05) is 12.1 Å². The Bertz CT molecular complexity index is 437. The van der Waals surface area contributed by atoms with Gasteiger partial charge >= 0.3 is 6.18 Å². The molecule has 0 bridgehead atoms. The highest BCUT2D eigenvalue weighted by atomic mass is 19.4. The number of Topliss-reactive ketones (excluding diaryl/α,β-unsaturated/α-hetero) is 1. The number of carbonyl (C=O) groups is 1. The lowest BCUT2D eigenvalue weighted by Crippen LogP contribution is -2.17. The van der Waals surface area contributed by atoms with E-state index >= 15 is 0 Å². The Morgan fingerprint density at radius 3 is 2.28 bits per heavy atom. The number of aliphatic hydroxyl groups is 1. The zero-order chi connectivity index (χ0) is 13.3. The van der Waals surface area contributed by atoms with E-state index in [2.05, 4.69) is 0 Å². The average Bonchev–Trinajstić information content (AvgIpc) is 2.73. The van der Waals surface area contributed by atoms with Crippen LogP contribution < -0.4 is 0 Å². The summed E-state index contributed by atoms with van der Waals surface area (Å²) in [6.45, 7) is 0. The zero-order valence-corrected chi connectivity index (χ0v) is 9.57. The van der Waals surface area contributed by atoms with Crippen molar-refractivity contribution in [3.8, 4) is 0 Å². The summed E-state index contributed by atoms with van der Waals surface area (Å²) in [5.41, 5.74) is -0.389. The molecular weight excluding hydrogens is 245 g/mol. The summed E-state index contributed by atoms with van der Waals surface area (Å²) in [5.74, 6) is -0.482. The van der Waals surface area contributed by atoms with Crippen molar-refractivity contribution in [2.24, 2.45) is 5.92 Å². The summed E-state index contributed by atoms with van der Waals surface area (Å²) >= 11 is 0. The van der Waals surface area contributed by atoms with Crippen LogP contribution in [0.5, 0.6) is 0 Å². The predicted octanol–water partition coefficient (Wildman–Crippen LogP) is 3.11. The average molecular weight is 258 g/mol. The van der Waals surface area contributed by atoms with Crippen LogP contribution in [0.1, 0.15) is 36.5 Å². The summed E-state index contributed by atoms with van der Waals surface area (Å²) in [4.78, 5) is 11.5. The Kier molecular flexibility index (Phi) is 3.43. The van der Waals surface area contributed by atoms with E-state index in [0.717, 1.165) is 18.6 Å². The van der Waals surface area contributed by atoms with Gasteiger partial charge in [-0.15, -0.1) is 0 Å². The Hall–Kier alpha value is -1.36. The lowest BCUT2D eigenvalue weighted by molar-refractivity contribution is -0.137. The van der Waals surface area contributed by atoms with Gasteiger partial charge in [-0.05, 0) is 30.5 Å². The maximum atomic E-state index is 12.4. The van der Waals surface area contributed by atoms with E-state index in [1.165, 1.54) is 12.1 Å². The smallest absolute Gasteiger partial charge is 0.388 e. The van der Waals surface area contributed by atoms with E-state index in [-0.39, 0.29) is 5.78 Å². The van der Waals surface area contributed by atoms with Gasteiger partial charge in [0.15, 0.2) is 0 Å². The fourth-order valence-electron chi connectivity index (χ4n) is 2.28. The van der Waals surface area contributed by atoms with Crippen molar-refractivity contribution in [3.63, 3.8) is 0 Å². The molecule has 0 saturated heterocycles. The molecule has 98 valence electrons. The third kappa shape index (κ3) is 2.56. The first-order valence-corrected chi connectivity index (χ1v) is 5.77. The van der Waals surface area contributed by atoms with Gasteiger partial charge < -0.3 is 5.11 Å². The topological polar surface area (TPSA) is 37.3 Å². The van der Waals surface area contributed by atoms with E-state index in [1.807, 2.05) is 0 Å². The maximum Gasteiger partial charge on any atom is 0.416 e. The molecule has 1 aliphatic rings. The van der Waals surface area contributed by atoms with Crippen LogP contribution in [0.3, 0.4) is 0 Å². The molecule has 1 N–H and O–H groups in total. The van der Waals surface area contributed by atoms with Crippen molar-refractivity contribution >= 4 is 5.78 Å². The predicted molar refractivity (Wildman–Crippen MR) is 58.8 cm³/mol. The first-order chi connectivity index (χ1) is 8.39. The Labute approximate surface area is 102 Å². The van der Waals surface area contributed by atoms with Gasteiger partial charge in [0.05, 0.1) is 11.7 Å². The largest absolute Gasteiger partial charge is 0.416 e. The van der Waals surface area contributed by atoms with Crippen molar-refractivity contribution in [2.75, 3.05) is 0 Å². The van der Waals surface area contributed by atoms with E-state index in [4.69, 9.17) is 0 Å². The molecule has 0 heterocycles. The monoisotopic (exact) mass is 258 g/mol. The number of carbonyl (C=O) groups excluding carboxylic acids is 1. The first kappa shape index (κ1) is 13.1. The second-order valence-electron chi connectivity index (χ2n) is 4.53. The van der Waals surface area contributed by atoms with Gasteiger partial charge in [-0.3, -0.25) is 4.79 Å². The molecule has 0 amide bonds. The second-order valence-corrected chi connectivity index (χ2v) is 4.53. The van der Waals surface area contributed by atoms with E-state index in [9.17, 15) is 23.1 Å². The molecule has 5 heteroatoms. The molecule has 0 radical (unpaired) electrons. The van der Waals surface area contributed by atoms with E-state index in [0.29, 0.717) is 18.4 Å². The van der Waals surface area contributed by atoms with Crippen LogP contribution >= 0.6 is 0 Å². The van der Waals surface area contributed by atoms with Crippen molar-refractivity contribution in [1.82, 2.24) is 0 Å². The number of alkyl halides is 3. The molecule has 2 atom stereocenters. The molecule has 1 fully saturated rings. The number of aliphatic hydroxyl groups excluding tert-OH is 1.